The molecule has 4 rings (SSSR count). The third-order valence-electron chi connectivity index (χ3n) is 3.15. The zero-order valence-corrected chi connectivity index (χ0v) is 42.6. The second kappa shape index (κ2) is 74.4. The Labute approximate surface area is 398 Å². The highest BCUT2D eigenvalue weighted by Crippen LogP contribution is 2.17. The molecule has 0 aromatic heterocycles. The van der Waals surface area contributed by atoms with E-state index < -0.39 is 0 Å². The van der Waals surface area contributed by atoms with Gasteiger partial charge in [-0.2, -0.15) is 0 Å². The van der Waals surface area contributed by atoms with Gasteiger partial charge in [-0.3, -0.25) is 0 Å². The first-order chi connectivity index (χ1) is 21.8. The van der Waals surface area contributed by atoms with Crippen LogP contribution in [-0.4, -0.2) is 62.6 Å². The van der Waals surface area contributed by atoms with Crippen LogP contribution in [0.5, 0.6) is 0 Å². The standard InChI is InChI=1S/4C6H4Br2.2C3H8.2C2H6O.CH4O.4CH4.4H2O/c4*7-5-2-1-3-6(8)4-5;4*1-3-2;1-2;;;;;;;;/h4*1-4H;2*3H2,1-2H3;2*1-2H3;2H,1H3;4*1H4;4*1H2. The summed E-state index contributed by atoms with van der Waals surface area (Å²) >= 11 is 26.7. The number of benzene rings is 4. The summed E-state index contributed by atoms with van der Waals surface area (Å²) in [6.45, 7) is 8.50. The molecule has 0 atom stereocenters. The Morgan fingerprint density at radius 1 is 0.352 bits per heavy atom. The van der Waals surface area contributed by atoms with Crippen LogP contribution in [0.15, 0.2) is 133 Å². The van der Waals surface area contributed by atoms with Crippen molar-refractivity contribution >= 4 is 127 Å². The van der Waals surface area contributed by atoms with Crippen LogP contribution in [0.2, 0.25) is 0 Å². The monoisotopic (exact) mass is 1280 g/mol. The van der Waals surface area contributed by atoms with Crippen molar-refractivity contribution in [3.8, 4) is 0 Å². The van der Waals surface area contributed by atoms with Crippen molar-refractivity contribution in [3.63, 3.8) is 0 Å². The minimum absolute atomic E-state index is 0. The lowest BCUT2D eigenvalue weighted by Crippen LogP contribution is -1.61. The lowest BCUT2D eigenvalue weighted by atomic mass is 10.4. The quantitative estimate of drug-likeness (QED) is 0.186. The predicted octanol–water partition coefficient (Wildman–Crippen LogP) is 15.1. The number of aliphatic hydroxyl groups excluding tert-OH is 1. The van der Waals surface area contributed by atoms with Gasteiger partial charge in [0.05, 0.1) is 0 Å². The average molecular weight is 1290 g/mol. The van der Waals surface area contributed by atoms with Crippen LogP contribution >= 0.6 is 127 Å². The zero-order chi connectivity index (χ0) is 36.8. The van der Waals surface area contributed by atoms with Crippen molar-refractivity contribution in [1.82, 2.24) is 0 Å². The molecule has 326 valence electrons. The van der Waals surface area contributed by atoms with Gasteiger partial charge in [0.1, 0.15) is 0 Å². The molecule has 9 N–H and O–H groups in total. The number of hydrogen-bond donors (Lipinski definition) is 1. The Morgan fingerprint density at radius 2 is 0.426 bits per heavy atom. The van der Waals surface area contributed by atoms with E-state index in [0.717, 1.165) is 42.9 Å². The van der Waals surface area contributed by atoms with E-state index in [-0.39, 0.29) is 51.6 Å². The topological polar surface area (TPSA) is 165 Å². The smallest absolute Gasteiger partial charge is 0.0351 e. The fraction of sp³-hybridized carbons (Fsp3) is 0.385. The van der Waals surface area contributed by atoms with Crippen LogP contribution in [0.3, 0.4) is 0 Å². The molecule has 54 heavy (non-hydrogen) atoms. The predicted molar refractivity (Wildman–Crippen MR) is 275 cm³/mol. The van der Waals surface area contributed by atoms with Gasteiger partial charge in [-0.05, 0) is 72.8 Å². The number of aliphatic hydroxyl groups is 1. The van der Waals surface area contributed by atoms with Crippen LogP contribution < -0.4 is 0 Å². The van der Waals surface area contributed by atoms with Crippen molar-refractivity contribution in [1.29, 1.82) is 0 Å². The van der Waals surface area contributed by atoms with E-state index in [9.17, 15) is 0 Å². The van der Waals surface area contributed by atoms with Gasteiger partial charge in [0, 0.05) is 71.3 Å². The number of methoxy groups -OCH3 is 2. The third kappa shape index (κ3) is 84.8. The molecular formula is C39H72Br8O7. The summed E-state index contributed by atoms with van der Waals surface area (Å²) in [6.07, 6.45) is 2.50. The second-order valence-corrected chi connectivity index (χ2v) is 15.3. The maximum atomic E-state index is 7.00. The molecule has 15 heteroatoms. The number of rotatable bonds is 0. The van der Waals surface area contributed by atoms with Crippen molar-refractivity contribution in [2.24, 2.45) is 0 Å². The van der Waals surface area contributed by atoms with Gasteiger partial charge in [-0.1, -0.05) is 222 Å². The molecule has 0 aliphatic carbocycles. The van der Waals surface area contributed by atoms with E-state index in [1.807, 2.05) is 97.1 Å². The SMILES string of the molecule is Brc1cccc(Br)c1.Brc1cccc(Br)c1.Brc1cccc(Br)c1.Brc1cccc(Br)c1.C.C.C.C.CCC.CCC.CO.COC.COC.O.O.O.O. The van der Waals surface area contributed by atoms with Crippen LogP contribution in [0.4, 0.5) is 0 Å². The number of ether oxygens (including phenoxy) is 2. The highest BCUT2D eigenvalue weighted by atomic mass is 79.9. The summed E-state index contributed by atoms with van der Waals surface area (Å²) in [5.41, 5.74) is 0. The van der Waals surface area contributed by atoms with E-state index in [0.29, 0.717) is 0 Å². The lowest BCUT2D eigenvalue weighted by Gasteiger charge is -1.87. The highest BCUT2D eigenvalue weighted by molar-refractivity contribution is 9.12. The van der Waals surface area contributed by atoms with Crippen molar-refractivity contribution < 1.29 is 36.5 Å². The molecule has 4 aromatic rings. The van der Waals surface area contributed by atoms with Gasteiger partial charge in [0.25, 0.3) is 0 Å². The molecular weight excluding hydrogens is 1220 g/mol. The minimum atomic E-state index is 0. The molecule has 0 unspecified atom stereocenters. The maximum Gasteiger partial charge on any atom is 0.0351 e. The molecule has 0 bridgehead atoms. The summed E-state index contributed by atoms with van der Waals surface area (Å²) in [5, 5.41) is 7.00. The number of hydrogen-bond acceptors (Lipinski definition) is 3. The van der Waals surface area contributed by atoms with Gasteiger partial charge in [-0.15, -0.1) is 0 Å². The lowest BCUT2D eigenvalue weighted by molar-refractivity contribution is 0.277. The maximum absolute atomic E-state index is 7.00. The number of halogens is 8. The van der Waals surface area contributed by atoms with Crippen LogP contribution in [0.25, 0.3) is 0 Å². The first kappa shape index (κ1) is 90.5. The Bertz CT molecular complexity index is 930. The van der Waals surface area contributed by atoms with Crippen LogP contribution in [-0.2, 0) is 9.47 Å². The largest absolute Gasteiger partial charge is 0.412 e. The summed E-state index contributed by atoms with van der Waals surface area (Å²) in [5.74, 6) is 0. The first-order valence-corrected chi connectivity index (χ1v) is 20.0. The summed E-state index contributed by atoms with van der Waals surface area (Å²) in [6, 6.07) is 31.8. The van der Waals surface area contributed by atoms with Crippen molar-refractivity contribution in [2.45, 2.75) is 70.2 Å². The third-order valence-corrected chi connectivity index (χ3v) is 7.09. The molecule has 4 aromatic carbocycles. The van der Waals surface area contributed by atoms with Crippen LogP contribution in [0.1, 0.15) is 70.2 Å². The van der Waals surface area contributed by atoms with Gasteiger partial charge in [0.15, 0.2) is 0 Å². The fourth-order valence-corrected chi connectivity index (χ4v) is 6.26. The van der Waals surface area contributed by atoms with Gasteiger partial charge in [0.2, 0.25) is 0 Å². The molecule has 0 radical (unpaired) electrons. The van der Waals surface area contributed by atoms with Crippen LogP contribution in [0, 0.1) is 0 Å². The van der Waals surface area contributed by atoms with Crippen molar-refractivity contribution in [3.05, 3.63) is 133 Å². The summed E-state index contributed by atoms with van der Waals surface area (Å²) in [4.78, 5) is 0. The Kier molecular flexibility index (Phi) is 125. The van der Waals surface area contributed by atoms with Gasteiger partial charge < -0.3 is 36.5 Å². The molecule has 0 aliphatic heterocycles. The molecule has 0 aliphatic rings. The Hall–Kier alpha value is 0.440. The molecule has 0 amide bonds. The molecule has 0 fully saturated rings. The normalized spacial score (nSPS) is 6.93. The van der Waals surface area contributed by atoms with E-state index in [1.54, 1.807) is 28.4 Å². The van der Waals surface area contributed by atoms with E-state index in [4.69, 9.17) is 5.11 Å². The summed E-state index contributed by atoms with van der Waals surface area (Å²) in [7, 11) is 7.50. The van der Waals surface area contributed by atoms with Crippen molar-refractivity contribution in [2.75, 3.05) is 35.5 Å². The fourth-order valence-electron chi connectivity index (χ4n) is 1.84. The Morgan fingerprint density at radius 3 is 0.463 bits per heavy atom. The van der Waals surface area contributed by atoms with Gasteiger partial charge >= 0.3 is 0 Å². The molecule has 0 spiro atoms. The van der Waals surface area contributed by atoms with E-state index >= 15 is 0 Å². The highest BCUT2D eigenvalue weighted by Gasteiger charge is 1.86. The average Bonchev–Trinajstić information content (AvgIpc) is 2.97. The second-order valence-electron chi connectivity index (χ2n) is 7.99. The molecule has 0 saturated carbocycles. The molecule has 7 nitrogen and oxygen atoms in total. The zero-order valence-electron chi connectivity index (χ0n) is 29.9. The minimum Gasteiger partial charge on any atom is -0.412 e. The molecule has 0 heterocycles. The first-order valence-electron chi connectivity index (χ1n) is 13.7. The summed E-state index contributed by atoms with van der Waals surface area (Å²) < 4.78 is 17.3. The Balaban J connectivity index is -0.0000000325. The van der Waals surface area contributed by atoms with E-state index in [2.05, 4.69) is 165 Å². The molecule has 0 saturated heterocycles. The van der Waals surface area contributed by atoms with E-state index in [1.165, 1.54) is 12.8 Å². The van der Waals surface area contributed by atoms with Gasteiger partial charge in [-0.25, -0.2) is 0 Å².